The van der Waals surface area contributed by atoms with Crippen LogP contribution in [0.25, 0.3) is 0 Å². The van der Waals surface area contributed by atoms with Crippen LogP contribution in [0.5, 0.6) is 0 Å². The van der Waals surface area contributed by atoms with Gasteiger partial charge in [0.25, 0.3) is 0 Å². The molecule has 0 saturated carbocycles. The number of nitrogens with zero attached hydrogens (tertiary/aromatic N) is 1. The fraction of sp³-hybridized carbons (Fsp3) is 0.625. The summed E-state index contributed by atoms with van der Waals surface area (Å²) in [6.07, 6.45) is 2.64. The summed E-state index contributed by atoms with van der Waals surface area (Å²) < 4.78 is 19.2. The molecule has 3 nitrogen and oxygen atoms in total. The molecular formula is C16H22FNO2. The third-order valence-electron chi connectivity index (χ3n) is 4.82. The molecule has 0 aromatic heterocycles. The molecule has 0 spiro atoms. The van der Waals surface area contributed by atoms with Gasteiger partial charge >= 0.3 is 0 Å². The zero-order chi connectivity index (χ0) is 14.2. The number of benzene rings is 1. The fourth-order valence-electron chi connectivity index (χ4n) is 3.51. The van der Waals surface area contributed by atoms with Crippen LogP contribution in [-0.4, -0.2) is 48.0 Å². The highest BCUT2D eigenvalue weighted by molar-refractivity contribution is 5.18. The zero-order valence-corrected chi connectivity index (χ0v) is 11.9. The molecule has 1 aromatic carbocycles. The minimum atomic E-state index is -0.687. The summed E-state index contributed by atoms with van der Waals surface area (Å²) in [5.41, 5.74) is 0.00901. The number of hydrogen-bond acceptors (Lipinski definition) is 3. The molecule has 0 aliphatic carbocycles. The lowest BCUT2D eigenvalue weighted by Gasteiger charge is -2.50. The second-order valence-electron chi connectivity index (χ2n) is 6.23. The molecule has 2 heterocycles. The van der Waals surface area contributed by atoms with E-state index in [-0.39, 0.29) is 17.9 Å². The van der Waals surface area contributed by atoms with E-state index < -0.39 is 5.60 Å². The van der Waals surface area contributed by atoms with Crippen LogP contribution in [0.4, 0.5) is 4.39 Å². The SMILES string of the molecule is CN1C2COCC1CC(O)(CCc1ccccc1F)C2. The van der Waals surface area contributed by atoms with Gasteiger partial charge in [-0.2, -0.15) is 0 Å². The van der Waals surface area contributed by atoms with Gasteiger partial charge in [-0.05, 0) is 44.4 Å². The Bertz CT molecular complexity index is 465. The molecule has 2 aliphatic heterocycles. The monoisotopic (exact) mass is 279 g/mol. The molecule has 3 rings (SSSR count). The van der Waals surface area contributed by atoms with Gasteiger partial charge in [-0.25, -0.2) is 4.39 Å². The topological polar surface area (TPSA) is 32.7 Å². The number of piperidine rings is 1. The number of halogens is 1. The van der Waals surface area contributed by atoms with Gasteiger partial charge in [0.2, 0.25) is 0 Å². The first-order valence-electron chi connectivity index (χ1n) is 7.33. The minimum Gasteiger partial charge on any atom is -0.390 e. The van der Waals surface area contributed by atoms with Crippen molar-refractivity contribution in [3.63, 3.8) is 0 Å². The molecule has 20 heavy (non-hydrogen) atoms. The maximum Gasteiger partial charge on any atom is 0.126 e. The van der Waals surface area contributed by atoms with Crippen molar-refractivity contribution in [2.75, 3.05) is 20.3 Å². The molecule has 2 atom stereocenters. The number of aryl methyl sites for hydroxylation is 1. The quantitative estimate of drug-likeness (QED) is 0.918. The summed E-state index contributed by atoms with van der Waals surface area (Å²) in [4.78, 5) is 2.32. The van der Waals surface area contributed by atoms with E-state index in [1.165, 1.54) is 6.07 Å². The van der Waals surface area contributed by atoms with Crippen molar-refractivity contribution in [2.45, 2.75) is 43.4 Å². The lowest BCUT2D eigenvalue weighted by atomic mass is 9.78. The van der Waals surface area contributed by atoms with Gasteiger partial charge in [-0.1, -0.05) is 18.2 Å². The Morgan fingerprint density at radius 2 is 1.95 bits per heavy atom. The van der Waals surface area contributed by atoms with E-state index in [9.17, 15) is 9.50 Å². The third kappa shape index (κ3) is 2.73. The summed E-state index contributed by atoms with van der Waals surface area (Å²) in [5, 5.41) is 10.8. The molecule has 0 amide bonds. The lowest BCUT2D eigenvalue weighted by molar-refractivity contribution is -0.136. The van der Waals surface area contributed by atoms with E-state index in [0.29, 0.717) is 44.5 Å². The summed E-state index contributed by atoms with van der Waals surface area (Å²) in [6.45, 7) is 1.38. The number of aliphatic hydroxyl groups is 1. The Labute approximate surface area is 119 Å². The van der Waals surface area contributed by atoms with Crippen molar-refractivity contribution >= 4 is 0 Å². The average Bonchev–Trinajstić information content (AvgIpc) is 2.40. The summed E-state index contributed by atoms with van der Waals surface area (Å²) in [7, 11) is 2.11. The van der Waals surface area contributed by atoms with Crippen LogP contribution in [-0.2, 0) is 11.2 Å². The average molecular weight is 279 g/mol. The number of likely N-dealkylation sites (N-methyl/N-ethyl adjacent to an activating group) is 1. The number of ether oxygens (including phenoxy) is 1. The predicted molar refractivity (Wildman–Crippen MR) is 75.1 cm³/mol. The standard InChI is InChI=1S/C16H22FNO2/c1-18-13-8-16(19,9-14(18)11-20-10-13)7-6-12-4-2-3-5-15(12)17/h2-5,13-14,19H,6-11H2,1H3. The van der Waals surface area contributed by atoms with Crippen LogP contribution in [0, 0.1) is 5.82 Å². The van der Waals surface area contributed by atoms with Crippen molar-refractivity contribution in [3.05, 3.63) is 35.6 Å². The Morgan fingerprint density at radius 1 is 1.30 bits per heavy atom. The summed E-state index contributed by atoms with van der Waals surface area (Å²) >= 11 is 0. The van der Waals surface area contributed by atoms with Gasteiger partial charge in [-0.15, -0.1) is 0 Å². The number of rotatable bonds is 3. The second-order valence-corrected chi connectivity index (χ2v) is 6.23. The zero-order valence-electron chi connectivity index (χ0n) is 11.9. The normalized spacial score (nSPS) is 34.1. The molecule has 2 aliphatic rings. The van der Waals surface area contributed by atoms with E-state index in [1.807, 2.05) is 6.07 Å². The van der Waals surface area contributed by atoms with Crippen molar-refractivity contribution < 1.29 is 14.2 Å². The van der Waals surface area contributed by atoms with Gasteiger partial charge in [0.15, 0.2) is 0 Å². The molecule has 1 N–H and O–H groups in total. The lowest BCUT2D eigenvalue weighted by Crippen LogP contribution is -2.60. The highest BCUT2D eigenvalue weighted by atomic mass is 19.1. The van der Waals surface area contributed by atoms with Crippen LogP contribution in [0.3, 0.4) is 0 Å². The van der Waals surface area contributed by atoms with Crippen molar-refractivity contribution in [1.82, 2.24) is 4.90 Å². The molecule has 2 bridgehead atoms. The molecule has 1 aromatic rings. The van der Waals surface area contributed by atoms with Crippen LogP contribution in [0.2, 0.25) is 0 Å². The van der Waals surface area contributed by atoms with Gasteiger partial charge in [0.1, 0.15) is 5.82 Å². The van der Waals surface area contributed by atoms with E-state index in [1.54, 1.807) is 12.1 Å². The second kappa shape index (κ2) is 5.43. The first-order valence-corrected chi connectivity index (χ1v) is 7.33. The number of hydrogen-bond donors (Lipinski definition) is 1. The summed E-state index contributed by atoms with van der Waals surface area (Å²) in [5.74, 6) is -0.174. The first-order chi connectivity index (χ1) is 9.57. The number of fused-ring (bicyclic) bond motifs is 2. The van der Waals surface area contributed by atoms with Crippen LogP contribution in [0.15, 0.2) is 24.3 Å². The third-order valence-corrected chi connectivity index (χ3v) is 4.82. The van der Waals surface area contributed by atoms with E-state index >= 15 is 0 Å². The van der Waals surface area contributed by atoms with Crippen LogP contribution >= 0.6 is 0 Å². The molecule has 2 saturated heterocycles. The van der Waals surface area contributed by atoms with E-state index in [0.717, 1.165) is 0 Å². The Kier molecular flexibility index (Phi) is 3.80. The van der Waals surface area contributed by atoms with E-state index in [4.69, 9.17) is 4.74 Å². The van der Waals surface area contributed by atoms with Gasteiger partial charge in [-0.3, -0.25) is 4.90 Å². The fourth-order valence-corrected chi connectivity index (χ4v) is 3.51. The highest BCUT2D eigenvalue weighted by Crippen LogP contribution is 2.36. The number of morpholine rings is 1. The van der Waals surface area contributed by atoms with E-state index in [2.05, 4.69) is 11.9 Å². The van der Waals surface area contributed by atoms with Crippen LogP contribution in [0.1, 0.15) is 24.8 Å². The van der Waals surface area contributed by atoms with Crippen molar-refractivity contribution in [2.24, 2.45) is 0 Å². The maximum atomic E-state index is 13.7. The minimum absolute atomic E-state index is 0.174. The first kappa shape index (κ1) is 14.0. The summed E-state index contributed by atoms with van der Waals surface area (Å²) in [6, 6.07) is 7.40. The Hall–Kier alpha value is -0.970. The van der Waals surface area contributed by atoms with Crippen molar-refractivity contribution in [3.8, 4) is 0 Å². The van der Waals surface area contributed by atoms with Gasteiger partial charge in [0, 0.05) is 12.1 Å². The molecule has 110 valence electrons. The largest absolute Gasteiger partial charge is 0.390 e. The molecule has 2 fully saturated rings. The smallest absolute Gasteiger partial charge is 0.126 e. The molecular weight excluding hydrogens is 257 g/mol. The molecule has 4 heteroatoms. The molecule has 0 radical (unpaired) electrons. The van der Waals surface area contributed by atoms with Gasteiger partial charge < -0.3 is 9.84 Å². The predicted octanol–water partition coefficient (Wildman–Crippen LogP) is 1.98. The molecule has 2 unspecified atom stereocenters. The Balaban J connectivity index is 1.66. The maximum absolute atomic E-state index is 13.7. The Morgan fingerprint density at radius 3 is 2.60 bits per heavy atom. The van der Waals surface area contributed by atoms with Crippen molar-refractivity contribution in [1.29, 1.82) is 0 Å². The highest BCUT2D eigenvalue weighted by Gasteiger charge is 2.44. The van der Waals surface area contributed by atoms with Gasteiger partial charge in [0.05, 0.1) is 18.8 Å². The van der Waals surface area contributed by atoms with Crippen LogP contribution < -0.4 is 0 Å².